The van der Waals surface area contributed by atoms with Crippen LogP contribution < -0.4 is 10.6 Å². The van der Waals surface area contributed by atoms with Gasteiger partial charge in [-0.25, -0.2) is 0 Å². The van der Waals surface area contributed by atoms with Crippen LogP contribution in [-0.4, -0.2) is 17.6 Å². The molecule has 0 unspecified atom stereocenters. The van der Waals surface area contributed by atoms with Crippen LogP contribution in [0.4, 0.5) is 11.5 Å². The Bertz CT molecular complexity index is 563. The van der Waals surface area contributed by atoms with E-state index >= 15 is 0 Å². The Morgan fingerprint density at radius 2 is 2.16 bits per heavy atom. The van der Waals surface area contributed by atoms with Crippen LogP contribution in [0.15, 0.2) is 34.9 Å². The molecule has 0 saturated carbocycles. The van der Waals surface area contributed by atoms with Gasteiger partial charge < -0.3 is 15.2 Å². The Morgan fingerprint density at radius 3 is 2.84 bits per heavy atom. The molecule has 1 amide bonds. The number of carbonyl (C=O) groups excluding carboxylic acids is 1. The highest BCUT2D eigenvalue weighted by molar-refractivity contribution is 5.94. The highest BCUT2D eigenvalue weighted by atomic mass is 16.5. The number of nitrogens with one attached hydrogen (secondary N) is 2. The standard InChI is InChI=1S/C14H17N3O2/c1-3-11-6-4-5-7-12(11)16-14(18)9-15-13-8-10(2)19-17-13/h4-8H,3,9H2,1-2H3,(H,15,17)(H,16,18). The molecule has 1 aromatic heterocycles. The minimum Gasteiger partial charge on any atom is -0.360 e. The molecule has 0 atom stereocenters. The van der Waals surface area contributed by atoms with Crippen molar-refractivity contribution in [2.45, 2.75) is 20.3 Å². The number of para-hydroxylation sites is 1. The van der Waals surface area contributed by atoms with Crippen molar-refractivity contribution in [3.05, 3.63) is 41.7 Å². The second-order valence-electron chi connectivity index (χ2n) is 4.24. The van der Waals surface area contributed by atoms with E-state index < -0.39 is 0 Å². The van der Waals surface area contributed by atoms with Gasteiger partial charge in [0.15, 0.2) is 5.82 Å². The van der Waals surface area contributed by atoms with E-state index in [2.05, 4.69) is 22.7 Å². The molecule has 0 bridgehead atoms. The fraction of sp³-hybridized carbons (Fsp3) is 0.286. The summed E-state index contributed by atoms with van der Waals surface area (Å²) >= 11 is 0. The van der Waals surface area contributed by atoms with Crippen LogP contribution in [-0.2, 0) is 11.2 Å². The summed E-state index contributed by atoms with van der Waals surface area (Å²) in [7, 11) is 0. The lowest BCUT2D eigenvalue weighted by molar-refractivity contribution is -0.114. The third kappa shape index (κ3) is 3.58. The van der Waals surface area contributed by atoms with Crippen molar-refractivity contribution in [2.75, 3.05) is 17.2 Å². The number of benzene rings is 1. The first-order valence-electron chi connectivity index (χ1n) is 6.24. The maximum Gasteiger partial charge on any atom is 0.243 e. The maximum atomic E-state index is 11.8. The molecule has 0 fully saturated rings. The van der Waals surface area contributed by atoms with E-state index in [1.54, 1.807) is 13.0 Å². The van der Waals surface area contributed by atoms with Crippen LogP contribution in [0.2, 0.25) is 0 Å². The monoisotopic (exact) mass is 259 g/mol. The summed E-state index contributed by atoms with van der Waals surface area (Å²) in [5.74, 6) is 1.16. The summed E-state index contributed by atoms with van der Waals surface area (Å²) in [6.07, 6.45) is 0.881. The van der Waals surface area contributed by atoms with E-state index in [0.29, 0.717) is 11.6 Å². The molecule has 2 rings (SSSR count). The minimum atomic E-state index is -0.110. The lowest BCUT2D eigenvalue weighted by Crippen LogP contribution is -2.22. The van der Waals surface area contributed by atoms with Crippen molar-refractivity contribution in [3.63, 3.8) is 0 Å². The molecule has 100 valence electrons. The third-order valence-corrected chi connectivity index (χ3v) is 2.73. The highest BCUT2D eigenvalue weighted by Gasteiger charge is 2.06. The van der Waals surface area contributed by atoms with Gasteiger partial charge in [0.05, 0.1) is 6.54 Å². The van der Waals surface area contributed by atoms with Crippen molar-refractivity contribution in [1.82, 2.24) is 5.16 Å². The van der Waals surface area contributed by atoms with Crippen LogP contribution in [0.3, 0.4) is 0 Å². The number of rotatable bonds is 5. The quantitative estimate of drug-likeness (QED) is 0.866. The Hall–Kier alpha value is -2.30. The number of anilines is 2. The fourth-order valence-electron chi connectivity index (χ4n) is 1.77. The highest BCUT2D eigenvalue weighted by Crippen LogP contribution is 2.15. The van der Waals surface area contributed by atoms with Crippen molar-refractivity contribution in [1.29, 1.82) is 0 Å². The first kappa shape index (κ1) is 13.1. The van der Waals surface area contributed by atoms with Crippen molar-refractivity contribution in [3.8, 4) is 0 Å². The van der Waals surface area contributed by atoms with Gasteiger partial charge in [-0.15, -0.1) is 0 Å². The van der Waals surface area contributed by atoms with Gasteiger partial charge in [0.1, 0.15) is 5.76 Å². The predicted octanol–water partition coefficient (Wildman–Crippen LogP) is 2.60. The summed E-state index contributed by atoms with van der Waals surface area (Å²) in [4.78, 5) is 11.8. The summed E-state index contributed by atoms with van der Waals surface area (Å²) in [5, 5.41) is 9.55. The van der Waals surface area contributed by atoms with E-state index in [0.717, 1.165) is 17.7 Å². The minimum absolute atomic E-state index is 0.110. The molecule has 2 N–H and O–H groups in total. The van der Waals surface area contributed by atoms with E-state index in [-0.39, 0.29) is 12.5 Å². The van der Waals surface area contributed by atoms with Crippen LogP contribution >= 0.6 is 0 Å². The number of aromatic nitrogens is 1. The molecule has 1 aromatic carbocycles. The summed E-state index contributed by atoms with van der Waals surface area (Å²) < 4.78 is 4.91. The van der Waals surface area contributed by atoms with Crippen molar-refractivity contribution >= 4 is 17.4 Å². The average molecular weight is 259 g/mol. The SMILES string of the molecule is CCc1ccccc1NC(=O)CNc1cc(C)on1. The lowest BCUT2D eigenvalue weighted by Gasteiger charge is -2.09. The smallest absolute Gasteiger partial charge is 0.243 e. The molecular formula is C14H17N3O2. The molecule has 0 aliphatic rings. The normalized spacial score (nSPS) is 10.2. The number of carbonyl (C=O) groups is 1. The van der Waals surface area contributed by atoms with Gasteiger partial charge in [0.25, 0.3) is 0 Å². The summed E-state index contributed by atoms with van der Waals surface area (Å²) in [6, 6.07) is 9.52. The largest absolute Gasteiger partial charge is 0.360 e. The molecule has 2 aromatic rings. The zero-order valence-electron chi connectivity index (χ0n) is 11.1. The van der Waals surface area contributed by atoms with Gasteiger partial charge in [0, 0.05) is 11.8 Å². The van der Waals surface area contributed by atoms with Gasteiger partial charge in [-0.2, -0.15) is 0 Å². The zero-order chi connectivity index (χ0) is 13.7. The number of nitrogens with zero attached hydrogens (tertiary/aromatic N) is 1. The Kier molecular flexibility index (Phi) is 4.18. The third-order valence-electron chi connectivity index (χ3n) is 2.73. The molecule has 0 aliphatic heterocycles. The molecule has 19 heavy (non-hydrogen) atoms. The molecule has 5 heteroatoms. The van der Waals surface area contributed by atoms with E-state index in [1.165, 1.54) is 0 Å². The molecule has 0 radical (unpaired) electrons. The number of amides is 1. The number of aryl methyl sites for hydroxylation is 2. The lowest BCUT2D eigenvalue weighted by atomic mass is 10.1. The molecule has 0 spiro atoms. The first-order valence-corrected chi connectivity index (χ1v) is 6.24. The molecular weight excluding hydrogens is 242 g/mol. The Morgan fingerprint density at radius 1 is 1.37 bits per heavy atom. The Balaban J connectivity index is 1.90. The van der Waals surface area contributed by atoms with Crippen molar-refractivity contribution in [2.24, 2.45) is 0 Å². The van der Waals surface area contributed by atoms with E-state index in [1.807, 2.05) is 24.3 Å². The van der Waals surface area contributed by atoms with E-state index in [4.69, 9.17) is 4.52 Å². The Labute approximate surface area is 112 Å². The molecule has 0 aliphatic carbocycles. The predicted molar refractivity (Wildman–Crippen MR) is 74.2 cm³/mol. The van der Waals surface area contributed by atoms with Crippen LogP contribution in [0.5, 0.6) is 0 Å². The first-order chi connectivity index (χ1) is 9.19. The van der Waals surface area contributed by atoms with E-state index in [9.17, 15) is 4.79 Å². The van der Waals surface area contributed by atoms with Gasteiger partial charge in [-0.1, -0.05) is 30.3 Å². The van der Waals surface area contributed by atoms with Crippen LogP contribution in [0.1, 0.15) is 18.2 Å². The van der Waals surface area contributed by atoms with Gasteiger partial charge in [-0.3, -0.25) is 4.79 Å². The topological polar surface area (TPSA) is 67.2 Å². The molecule has 1 heterocycles. The molecule has 0 saturated heterocycles. The maximum absolute atomic E-state index is 11.8. The van der Waals surface area contributed by atoms with Crippen LogP contribution in [0, 0.1) is 6.92 Å². The summed E-state index contributed by atoms with van der Waals surface area (Å²) in [6.45, 7) is 4.02. The average Bonchev–Trinajstić information content (AvgIpc) is 2.83. The number of hydrogen-bond donors (Lipinski definition) is 2. The van der Waals surface area contributed by atoms with Gasteiger partial charge >= 0.3 is 0 Å². The fourth-order valence-corrected chi connectivity index (χ4v) is 1.77. The van der Waals surface area contributed by atoms with Gasteiger partial charge in [-0.05, 0) is 25.0 Å². The van der Waals surface area contributed by atoms with Crippen molar-refractivity contribution < 1.29 is 9.32 Å². The molecule has 5 nitrogen and oxygen atoms in total. The zero-order valence-corrected chi connectivity index (χ0v) is 11.1. The summed E-state index contributed by atoms with van der Waals surface area (Å²) in [5.41, 5.74) is 1.97. The van der Waals surface area contributed by atoms with Crippen LogP contribution in [0.25, 0.3) is 0 Å². The second-order valence-corrected chi connectivity index (χ2v) is 4.24. The second kappa shape index (κ2) is 6.04. The number of hydrogen-bond acceptors (Lipinski definition) is 4. The van der Waals surface area contributed by atoms with Gasteiger partial charge in [0.2, 0.25) is 5.91 Å².